The maximum Gasteiger partial charge on any atom is 0.118 e. The molecule has 0 spiro atoms. The third-order valence-electron chi connectivity index (χ3n) is 2.96. The van der Waals surface area contributed by atoms with Crippen LogP contribution >= 0.6 is 11.8 Å². The van der Waals surface area contributed by atoms with Gasteiger partial charge in [-0.15, -0.1) is 0 Å². The molecule has 96 valence electrons. The second kappa shape index (κ2) is 7.62. The van der Waals surface area contributed by atoms with Crippen molar-refractivity contribution in [1.82, 2.24) is 5.32 Å². The summed E-state index contributed by atoms with van der Waals surface area (Å²) < 4.78 is 5.17. The van der Waals surface area contributed by atoms with Crippen LogP contribution in [0.1, 0.15) is 31.9 Å². The largest absolute Gasteiger partial charge is 0.497 e. The van der Waals surface area contributed by atoms with Crippen LogP contribution in [0.3, 0.4) is 0 Å². The Balaban J connectivity index is 2.58. The average Bonchev–Trinajstić information content (AvgIpc) is 2.38. The van der Waals surface area contributed by atoms with Crippen molar-refractivity contribution in [2.24, 2.45) is 0 Å². The minimum Gasteiger partial charge on any atom is -0.497 e. The number of thioether (sulfide) groups is 1. The number of benzene rings is 1. The van der Waals surface area contributed by atoms with Gasteiger partial charge in [0.2, 0.25) is 0 Å². The molecule has 0 bridgehead atoms. The van der Waals surface area contributed by atoms with Crippen LogP contribution < -0.4 is 10.1 Å². The summed E-state index contributed by atoms with van der Waals surface area (Å²) in [6, 6.07) is 9.26. The van der Waals surface area contributed by atoms with E-state index in [0.717, 1.165) is 11.5 Å². The van der Waals surface area contributed by atoms with Gasteiger partial charge >= 0.3 is 0 Å². The van der Waals surface area contributed by atoms with E-state index in [2.05, 4.69) is 37.6 Å². The molecule has 2 nitrogen and oxygen atoms in total. The highest BCUT2D eigenvalue weighted by Gasteiger charge is 2.11. The molecular formula is C14H23NOS. The van der Waals surface area contributed by atoms with E-state index in [0.29, 0.717) is 12.1 Å². The number of nitrogens with one attached hydrogen (secondary N) is 1. The maximum absolute atomic E-state index is 5.17. The van der Waals surface area contributed by atoms with Crippen LogP contribution in [0.4, 0.5) is 0 Å². The van der Waals surface area contributed by atoms with Gasteiger partial charge in [-0.1, -0.05) is 19.1 Å². The Kier molecular flexibility index (Phi) is 6.45. The minimum atomic E-state index is 0.387. The number of hydrogen-bond donors (Lipinski definition) is 1. The van der Waals surface area contributed by atoms with E-state index in [1.54, 1.807) is 7.11 Å². The summed E-state index contributed by atoms with van der Waals surface area (Å²) in [5.41, 5.74) is 1.31. The van der Waals surface area contributed by atoms with Gasteiger partial charge in [-0.3, -0.25) is 0 Å². The Morgan fingerprint density at radius 1 is 1.29 bits per heavy atom. The molecule has 0 aromatic heterocycles. The molecular weight excluding hydrogens is 230 g/mol. The first kappa shape index (κ1) is 14.4. The molecule has 1 N–H and O–H groups in total. The van der Waals surface area contributed by atoms with E-state index >= 15 is 0 Å². The third-order valence-corrected chi connectivity index (χ3v) is 3.70. The Morgan fingerprint density at radius 3 is 2.41 bits per heavy atom. The topological polar surface area (TPSA) is 21.3 Å². The molecule has 0 aliphatic carbocycles. The second-order valence-electron chi connectivity index (χ2n) is 4.22. The van der Waals surface area contributed by atoms with Crippen LogP contribution in [0.5, 0.6) is 5.75 Å². The molecule has 0 radical (unpaired) electrons. The van der Waals surface area contributed by atoms with E-state index in [1.165, 1.54) is 12.0 Å². The third kappa shape index (κ3) is 4.60. The molecule has 0 aliphatic heterocycles. The molecule has 1 aromatic carbocycles. The van der Waals surface area contributed by atoms with Crippen molar-refractivity contribution in [3.8, 4) is 5.75 Å². The fourth-order valence-corrected chi connectivity index (χ4v) is 2.56. The lowest BCUT2D eigenvalue weighted by atomic mass is 10.1. The van der Waals surface area contributed by atoms with Crippen molar-refractivity contribution in [1.29, 1.82) is 0 Å². The highest BCUT2D eigenvalue weighted by Crippen LogP contribution is 2.18. The fourth-order valence-electron chi connectivity index (χ4n) is 1.83. The van der Waals surface area contributed by atoms with Crippen molar-refractivity contribution in [2.45, 2.75) is 32.4 Å². The molecule has 0 heterocycles. The summed E-state index contributed by atoms with van der Waals surface area (Å²) >= 11 is 1.90. The molecule has 0 amide bonds. The molecule has 0 fully saturated rings. The van der Waals surface area contributed by atoms with Gasteiger partial charge < -0.3 is 10.1 Å². The highest BCUT2D eigenvalue weighted by atomic mass is 32.2. The average molecular weight is 253 g/mol. The van der Waals surface area contributed by atoms with E-state index < -0.39 is 0 Å². The zero-order valence-electron chi connectivity index (χ0n) is 11.2. The quantitative estimate of drug-likeness (QED) is 0.804. The Bertz CT molecular complexity index is 313. The van der Waals surface area contributed by atoms with Crippen LogP contribution in [0.15, 0.2) is 24.3 Å². The van der Waals surface area contributed by atoms with Crippen molar-refractivity contribution >= 4 is 11.8 Å². The van der Waals surface area contributed by atoms with Crippen molar-refractivity contribution in [3.05, 3.63) is 29.8 Å². The molecule has 0 saturated heterocycles. The minimum absolute atomic E-state index is 0.387. The monoisotopic (exact) mass is 253 g/mol. The number of rotatable bonds is 7. The summed E-state index contributed by atoms with van der Waals surface area (Å²) in [6.45, 7) is 4.44. The van der Waals surface area contributed by atoms with Gasteiger partial charge in [0.1, 0.15) is 5.75 Å². The fraction of sp³-hybridized carbons (Fsp3) is 0.571. The lowest BCUT2D eigenvalue weighted by Gasteiger charge is -2.22. The van der Waals surface area contributed by atoms with Crippen LogP contribution in [-0.4, -0.2) is 25.2 Å². The molecule has 0 saturated carbocycles. The molecule has 0 aliphatic rings. The first-order valence-electron chi connectivity index (χ1n) is 6.10. The van der Waals surface area contributed by atoms with Gasteiger partial charge in [-0.25, -0.2) is 0 Å². The van der Waals surface area contributed by atoms with Gasteiger partial charge in [0.15, 0.2) is 0 Å². The summed E-state index contributed by atoms with van der Waals surface area (Å²) in [7, 11) is 1.70. The predicted octanol–water partition coefficient (Wildman–Crippen LogP) is 3.49. The highest BCUT2D eigenvalue weighted by molar-refractivity contribution is 7.98. The van der Waals surface area contributed by atoms with Gasteiger partial charge in [-0.2, -0.15) is 11.8 Å². The van der Waals surface area contributed by atoms with Crippen LogP contribution in [-0.2, 0) is 0 Å². The van der Waals surface area contributed by atoms with E-state index in [1.807, 2.05) is 23.9 Å². The van der Waals surface area contributed by atoms with Gasteiger partial charge in [0.05, 0.1) is 7.11 Å². The van der Waals surface area contributed by atoms with Crippen LogP contribution in [0.25, 0.3) is 0 Å². The predicted molar refractivity (Wildman–Crippen MR) is 77.0 cm³/mol. The Hall–Kier alpha value is -0.670. The zero-order valence-corrected chi connectivity index (χ0v) is 12.0. The van der Waals surface area contributed by atoms with E-state index in [4.69, 9.17) is 4.74 Å². The van der Waals surface area contributed by atoms with Gasteiger partial charge in [-0.05, 0) is 37.3 Å². The Morgan fingerprint density at radius 2 is 1.94 bits per heavy atom. The number of hydrogen-bond acceptors (Lipinski definition) is 3. The number of methoxy groups -OCH3 is 1. The summed E-state index contributed by atoms with van der Waals surface area (Å²) in [5, 5.41) is 3.66. The zero-order chi connectivity index (χ0) is 12.7. The lowest BCUT2D eigenvalue weighted by molar-refractivity contribution is 0.414. The molecule has 2 atom stereocenters. The maximum atomic E-state index is 5.17. The van der Waals surface area contributed by atoms with Gasteiger partial charge in [0, 0.05) is 17.8 Å². The molecule has 2 unspecified atom stereocenters. The summed E-state index contributed by atoms with van der Waals surface area (Å²) in [5.74, 6) is 2.08. The van der Waals surface area contributed by atoms with Crippen molar-refractivity contribution in [3.63, 3.8) is 0 Å². The molecule has 1 rings (SSSR count). The molecule has 1 aromatic rings. The van der Waals surface area contributed by atoms with E-state index in [-0.39, 0.29) is 0 Å². The van der Waals surface area contributed by atoms with Crippen molar-refractivity contribution in [2.75, 3.05) is 19.1 Å². The smallest absolute Gasteiger partial charge is 0.118 e. The van der Waals surface area contributed by atoms with Crippen LogP contribution in [0.2, 0.25) is 0 Å². The van der Waals surface area contributed by atoms with Crippen molar-refractivity contribution < 1.29 is 4.74 Å². The number of ether oxygens (including phenoxy) is 1. The van der Waals surface area contributed by atoms with Gasteiger partial charge in [0.25, 0.3) is 0 Å². The SMILES string of the molecule is CCC(CSC)NC(C)c1ccc(OC)cc1. The summed E-state index contributed by atoms with van der Waals surface area (Å²) in [4.78, 5) is 0. The molecule has 3 heteroatoms. The first-order chi connectivity index (χ1) is 8.21. The van der Waals surface area contributed by atoms with Crippen LogP contribution in [0, 0.1) is 0 Å². The standard InChI is InChI=1S/C14H23NOS/c1-5-13(10-17-4)15-11(2)12-6-8-14(16-3)9-7-12/h6-9,11,13,15H,5,10H2,1-4H3. The lowest BCUT2D eigenvalue weighted by Crippen LogP contribution is -2.32. The van der Waals surface area contributed by atoms with E-state index in [9.17, 15) is 0 Å². The Labute approximate surface area is 109 Å². The molecule has 17 heavy (non-hydrogen) atoms. The second-order valence-corrected chi connectivity index (χ2v) is 5.13. The summed E-state index contributed by atoms with van der Waals surface area (Å²) in [6.07, 6.45) is 3.32. The first-order valence-corrected chi connectivity index (χ1v) is 7.49. The normalized spacial score (nSPS) is 14.4.